The molecule has 11 nitrogen and oxygen atoms in total. The van der Waals surface area contributed by atoms with E-state index in [1.54, 1.807) is 0 Å². The summed E-state index contributed by atoms with van der Waals surface area (Å²) in [4.78, 5) is 0. The fourth-order valence-corrected chi connectivity index (χ4v) is 9.23. The number of rotatable bonds is 16. The van der Waals surface area contributed by atoms with Gasteiger partial charge in [-0.1, -0.05) is 156 Å². The lowest BCUT2D eigenvalue weighted by Crippen LogP contribution is -2.67. The van der Waals surface area contributed by atoms with Gasteiger partial charge in [-0.3, -0.25) is 0 Å². The third kappa shape index (κ3) is 10.7. The summed E-state index contributed by atoms with van der Waals surface area (Å²) in [6.45, 7) is 12.5. The Kier molecular flexibility index (Phi) is 15.5. The van der Waals surface area contributed by atoms with E-state index in [-0.39, 0.29) is 31.2 Å². The van der Waals surface area contributed by atoms with Crippen LogP contribution in [0.4, 0.5) is 0 Å². The lowest BCUT2D eigenvalue weighted by molar-refractivity contribution is -0.392. The molecule has 0 spiro atoms. The molecule has 8 rings (SSSR count). The zero-order valence-corrected chi connectivity index (χ0v) is 36.7. The number of fused-ring (bicyclic) bond motifs is 1. The summed E-state index contributed by atoms with van der Waals surface area (Å²) >= 11 is 0. The van der Waals surface area contributed by atoms with E-state index >= 15 is 0 Å². The van der Waals surface area contributed by atoms with Crippen LogP contribution in [-0.4, -0.2) is 80.9 Å². The molecule has 62 heavy (non-hydrogen) atoms. The second-order valence-electron chi connectivity index (χ2n) is 17.5. The van der Waals surface area contributed by atoms with Crippen LogP contribution in [0, 0.1) is 23.7 Å². The van der Waals surface area contributed by atoms with Gasteiger partial charge in [-0.15, -0.1) is 0 Å². The summed E-state index contributed by atoms with van der Waals surface area (Å²) in [6, 6.07) is 39.3. The minimum absolute atomic E-state index is 0.0777. The molecule has 4 aromatic carbocycles. The van der Waals surface area contributed by atoms with Gasteiger partial charge in [0.05, 0.1) is 51.3 Å². The Morgan fingerprint density at radius 1 is 0.532 bits per heavy atom. The van der Waals surface area contributed by atoms with Gasteiger partial charge in [0, 0.05) is 17.4 Å². The minimum Gasteiger partial charge on any atom is -0.374 e. The second-order valence-corrected chi connectivity index (χ2v) is 17.5. The van der Waals surface area contributed by atoms with E-state index in [0.717, 1.165) is 28.7 Å². The van der Waals surface area contributed by atoms with Crippen LogP contribution in [0.1, 0.15) is 69.6 Å². The zero-order valence-electron chi connectivity index (χ0n) is 36.7. The van der Waals surface area contributed by atoms with Crippen molar-refractivity contribution in [1.29, 1.82) is 0 Å². The molecule has 4 aliphatic rings. The molecular formula is C51H65NO10. The van der Waals surface area contributed by atoms with Crippen molar-refractivity contribution >= 4 is 0 Å². The Hall–Kier alpha value is -3.56. The molecule has 11 heteroatoms. The third-order valence-corrected chi connectivity index (χ3v) is 13.3. The molecule has 0 amide bonds. The third-order valence-electron chi connectivity index (χ3n) is 13.3. The van der Waals surface area contributed by atoms with Gasteiger partial charge >= 0.3 is 0 Å². The second kappa shape index (κ2) is 21.4. The lowest BCUT2D eigenvalue weighted by Gasteiger charge is -2.52. The van der Waals surface area contributed by atoms with Crippen LogP contribution in [-0.2, 0) is 67.2 Å². The molecular weight excluding hydrogens is 787 g/mol. The zero-order chi connectivity index (χ0) is 43.0. The number of ether oxygens (including phenoxy) is 10. The van der Waals surface area contributed by atoms with Crippen molar-refractivity contribution in [3.05, 3.63) is 144 Å². The van der Waals surface area contributed by atoms with Crippen molar-refractivity contribution in [3.63, 3.8) is 0 Å². The van der Waals surface area contributed by atoms with Gasteiger partial charge in [-0.2, -0.15) is 0 Å². The maximum atomic E-state index is 7.21. The molecule has 4 aliphatic heterocycles. The smallest absolute Gasteiger partial charge is 0.184 e. The van der Waals surface area contributed by atoms with Gasteiger partial charge in [0.25, 0.3) is 0 Å². The van der Waals surface area contributed by atoms with Crippen molar-refractivity contribution in [1.82, 2.24) is 0 Å². The molecule has 4 heterocycles. The number of nitrogens with two attached hydrogens (primary N) is 1. The summed E-state index contributed by atoms with van der Waals surface area (Å²) in [5.41, 5.74) is 11.1. The molecule has 4 saturated heterocycles. The molecule has 0 aliphatic carbocycles. The van der Waals surface area contributed by atoms with Crippen molar-refractivity contribution in [2.45, 2.75) is 135 Å². The first-order chi connectivity index (χ1) is 30.3. The van der Waals surface area contributed by atoms with Crippen LogP contribution in [0.15, 0.2) is 121 Å². The molecule has 2 N–H and O–H groups in total. The van der Waals surface area contributed by atoms with Gasteiger partial charge in [0.15, 0.2) is 25.2 Å². The predicted molar refractivity (Wildman–Crippen MR) is 233 cm³/mol. The summed E-state index contributed by atoms with van der Waals surface area (Å²) in [5.74, 6) is 0.601. The van der Waals surface area contributed by atoms with Gasteiger partial charge in [-0.05, 0) is 34.9 Å². The average Bonchev–Trinajstić information content (AvgIpc) is 3.31. The quantitative estimate of drug-likeness (QED) is 0.117. The number of hydrogen-bond donors (Lipinski definition) is 1. The molecule has 4 fully saturated rings. The summed E-state index contributed by atoms with van der Waals surface area (Å²) in [6.07, 6.45) is -5.17. The first-order valence-corrected chi connectivity index (χ1v) is 22.5. The average molecular weight is 852 g/mol. The van der Waals surface area contributed by atoms with Crippen molar-refractivity contribution in [2.24, 2.45) is 29.4 Å². The van der Waals surface area contributed by atoms with Gasteiger partial charge in [-0.25, -0.2) is 0 Å². The highest BCUT2D eigenvalue weighted by Crippen LogP contribution is 2.43. The van der Waals surface area contributed by atoms with Crippen LogP contribution < -0.4 is 5.73 Å². The van der Waals surface area contributed by atoms with Gasteiger partial charge < -0.3 is 53.1 Å². The van der Waals surface area contributed by atoms with E-state index in [1.165, 1.54) is 0 Å². The van der Waals surface area contributed by atoms with E-state index in [9.17, 15) is 0 Å². The molecule has 16 atom stereocenters. The van der Waals surface area contributed by atoms with Gasteiger partial charge in [0.1, 0.15) is 30.5 Å². The van der Waals surface area contributed by atoms with E-state index in [2.05, 4.69) is 34.6 Å². The van der Waals surface area contributed by atoms with Crippen molar-refractivity contribution < 1.29 is 47.4 Å². The number of benzene rings is 4. The monoisotopic (exact) mass is 851 g/mol. The molecule has 0 aromatic heterocycles. The van der Waals surface area contributed by atoms with E-state index in [4.69, 9.17) is 53.1 Å². The Labute approximate surface area is 367 Å². The summed E-state index contributed by atoms with van der Waals surface area (Å²) < 4.78 is 67.6. The highest BCUT2D eigenvalue weighted by Gasteiger charge is 2.55. The van der Waals surface area contributed by atoms with Crippen molar-refractivity contribution in [3.8, 4) is 0 Å². The molecule has 7 unspecified atom stereocenters. The summed E-state index contributed by atoms with van der Waals surface area (Å²) in [5, 5.41) is 0. The van der Waals surface area contributed by atoms with Crippen LogP contribution >= 0.6 is 0 Å². The molecule has 4 aromatic rings. The Balaban J connectivity index is 1.09. The normalized spacial score (nSPS) is 36.2. The standard InChI is InChI=1S/C51H65NO10/c1-6-40-33(3)32(2)34(4)48(57-40)60-44-35(5)49(58-42-31-56-50(62-45(42)44)39-25-17-10-18-26-39)61-46-41(30-53-27-36-19-11-7-12-20-36)59-51(55-29-38-23-15-9-16-24-38)43(52)47(46)54-28-37-21-13-8-14-22-37/h7-26,32-35,40-51H,6,27-31,52H2,1-5H3/t32-,33+,34?,35+,40?,41?,42?,43?,44?,45+,46+,47-,48+,49+,50?,51+/m0/s1. The minimum atomic E-state index is -0.817. The topological polar surface area (TPSA) is 118 Å². The van der Waals surface area contributed by atoms with Crippen molar-refractivity contribution in [2.75, 3.05) is 13.2 Å². The highest BCUT2D eigenvalue weighted by molar-refractivity contribution is 5.18. The molecule has 0 bridgehead atoms. The van der Waals surface area contributed by atoms with Crippen LogP contribution in [0.2, 0.25) is 0 Å². The predicted octanol–water partition coefficient (Wildman–Crippen LogP) is 8.35. The first-order valence-electron chi connectivity index (χ1n) is 22.5. The number of hydrogen-bond acceptors (Lipinski definition) is 11. The summed E-state index contributed by atoms with van der Waals surface area (Å²) in [7, 11) is 0. The fraction of sp³-hybridized carbons (Fsp3) is 0.529. The van der Waals surface area contributed by atoms with Crippen LogP contribution in [0.3, 0.4) is 0 Å². The first kappa shape index (κ1) is 45.0. The van der Waals surface area contributed by atoms with E-state index in [1.807, 2.05) is 121 Å². The fourth-order valence-electron chi connectivity index (χ4n) is 9.23. The Morgan fingerprint density at radius 3 is 1.71 bits per heavy atom. The molecule has 0 radical (unpaired) electrons. The Morgan fingerprint density at radius 2 is 1.08 bits per heavy atom. The van der Waals surface area contributed by atoms with E-state index < -0.39 is 67.8 Å². The molecule has 334 valence electrons. The molecule has 0 saturated carbocycles. The SMILES string of the molecule is CCC1O[C@H](OC2[C@@H]3OC(c4ccccc4)OCC3O[C@H](O[C@@H]3C(COCc4ccccc4)O[C@@H](OCc4ccccc4)C(N)[C@@H]3OCc3ccccc3)[C@@H]2C)C(C)[C@@H](C)[C@H]1C. The maximum Gasteiger partial charge on any atom is 0.184 e. The van der Waals surface area contributed by atoms with Crippen LogP contribution in [0.5, 0.6) is 0 Å². The highest BCUT2D eigenvalue weighted by atomic mass is 16.8. The lowest BCUT2D eigenvalue weighted by atomic mass is 9.78. The maximum absolute atomic E-state index is 7.21. The van der Waals surface area contributed by atoms with Gasteiger partial charge in [0.2, 0.25) is 0 Å². The van der Waals surface area contributed by atoms with Crippen LogP contribution in [0.25, 0.3) is 0 Å². The van der Waals surface area contributed by atoms with E-state index in [0.29, 0.717) is 31.7 Å². The Bertz CT molecular complexity index is 1910. The largest absolute Gasteiger partial charge is 0.374 e.